The van der Waals surface area contributed by atoms with E-state index in [1.807, 2.05) is 24.3 Å². The number of fused-ring (bicyclic) bond motifs is 1. The molecule has 5 rings (SSSR count). The van der Waals surface area contributed by atoms with Gasteiger partial charge >= 0.3 is 0 Å². The number of H-pyrrole nitrogens is 1. The fraction of sp³-hybridized carbons (Fsp3) is 0.167. The van der Waals surface area contributed by atoms with Crippen LogP contribution in [0, 0.1) is 11.8 Å². The van der Waals surface area contributed by atoms with Crippen LogP contribution in [-0.4, -0.2) is 36.3 Å². The minimum absolute atomic E-state index is 0.0381. The number of anilines is 2. The summed E-state index contributed by atoms with van der Waals surface area (Å²) >= 11 is 0. The first kappa shape index (κ1) is 20.1. The molecule has 1 saturated heterocycles. The first-order valence-electron chi connectivity index (χ1n) is 10.2. The molecule has 162 valence electrons. The molecule has 3 heterocycles. The van der Waals surface area contributed by atoms with E-state index in [-0.39, 0.29) is 16.8 Å². The van der Waals surface area contributed by atoms with E-state index >= 15 is 0 Å². The number of nitrogens with zero attached hydrogens (tertiary/aromatic N) is 2. The van der Waals surface area contributed by atoms with Crippen molar-refractivity contribution in [2.24, 2.45) is 0 Å². The topological polar surface area (TPSA) is 84.2 Å². The third-order valence-corrected chi connectivity index (χ3v) is 5.70. The molecule has 6 nitrogen and oxygen atoms in total. The minimum atomic E-state index is -0.705. The number of nitrogen functional groups attached to an aromatic ring is 1. The van der Waals surface area contributed by atoms with Gasteiger partial charge in [0.25, 0.3) is 5.56 Å². The van der Waals surface area contributed by atoms with Crippen molar-refractivity contribution in [2.75, 3.05) is 36.9 Å². The van der Waals surface area contributed by atoms with Gasteiger partial charge in [-0.05, 0) is 52.9 Å². The summed E-state index contributed by atoms with van der Waals surface area (Å²) < 4.78 is 34.8. The van der Waals surface area contributed by atoms with Crippen LogP contribution in [0.3, 0.4) is 0 Å². The lowest BCUT2D eigenvalue weighted by Gasteiger charge is -2.28. The van der Waals surface area contributed by atoms with Crippen LogP contribution in [-0.2, 0) is 4.74 Å². The number of ether oxygens (including phenoxy) is 1. The first-order chi connectivity index (χ1) is 15.5. The van der Waals surface area contributed by atoms with E-state index in [1.54, 1.807) is 18.2 Å². The molecule has 2 aromatic heterocycles. The zero-order chi connectivity index (χ0) is 22.2. The molecule has 0 aliphatic carbocycles. The summed E-state index contributed by atoms with van der Waals surface area (Å²) in [6.07, 6.45) is 1.45. The quantitative estimate of drug-likeness (QED) is 0.477. The number of halogens is 2. The molecule has 0 spiro atoms. The van der Waals surface area contributed by atoms with Gasteiger partial charge in [0, 0.05) is 36.1 Å². The van der Waals surface area contributed by atoms with Gasteiger partial charge in [0.2, 0.25) is 5.95 Å². The molecule has 0 amide bonds. The van der Waals surface area contributed by atoms with Crippen LogP contribution < -0.4 is 16.2 Å². The van der Waals surface area contributed by atoms with Crippen molar-refractivity contribution in [2.45, 2.75) is 0 Å². The number of nitrogens with two attached hydrogens (primary N) is 1. The van der Waals surface area contributed by atoms with Crippen LogP contribution in [0.5, 0.6) is 0 Å². The fourth-order valence-corrected chi connectivity index (χ4v) is 4.04. The predicted molar refractivity (Wildman–Crippen MR) is 121 cm³/mol. The third kappa shape index (κ3) is 3.58. The highest BCUT2D eigenvalue weighted by Crippen LogP contribution is 2.34. The average molecular weight is 434 g/mol. The lowest BCUT2D eigenvalue weighted by Crippen LogP contribution is -2.36. The van der Waals surface area contributed by atoms with Gasteiger partial charge in [0.1, 0.15) is 11.6 Å². The van der Waals surface area contributed by atoms with Crippen molar-refractivity contribution in [3.05, 3.63) is 76.8 Å². The van der Waals surface area contributed by atoms with E-state index < -0.39 is 17.3 Å². The number of nitrogens with one attached hydrogen (secondary N) is 1. The highest BCUT2D eigenvalue weighted by Gasteiger charge is 2.17. The molecule has 32 heavy (non-hydrogen) atoms. The average Bonchev–Trinajstić information content (AvgIpc) is 2.80. The van der Waals surface area contributed by atoms with Gasteiger partial charge in [-0.3, -0.25) is 4.79 Å². The first-order valence-corrected chi connectivity index (χ1v) is 10.2. The van der Waals surface area contributed by atoms with E-state index in [9.17, 15) is 13.6 Å². The number of hydrogen-bond donors (Lipinski definition) is 2. The summed E-state index contributed by atoms with van der Waals surface area (Å²) in [5, 5.41) is 0.382. The molecule has 4 aromatic rings. The summed E-state index contributed by atoms with van der Waals surface area (Å²) in [6.45, 7) is 2.96. The summed E-state index contributed by atoms with van der Waals surface area (Å²) in [6, 6.07) is 13.5. The smallest absolute Gasteiger partial charge is 0.258 e. The molecule has 0 saturated carbocycles. The Hall–Kier alpha value is -3.78. The zero-order valence-electron chi connectivity index (χ0n) is 17.1. The second kappa shape index (κ2) is 8.05. The number of hydrogen-bond acceptors (Lipinski definition) is 5. The molecular formula is C24H20F2N4O2. The van der Waals surface area contributed by atoms with Gasteiger partial charge in [0.05, 0.1) is 18.6 Å². The highest BCUT2D eigenvalue weighted by atomic mass is 19.1. The molecule has 3 N–H and O–H groups in total. The van der Waals surface area contributed by atoms with Crippen molar-refractivity contribution >= 4 is 22.3 Å². The number of pyridine rings is 2. The number of rotatable bonds is 3. The number of aromatic amines is 1. The van der Waals surface area contributed by atoms with Gasteiger partial charge in [-0.1, -0.05) is 12.1 Å². The number of benzene rings is 2. The second-order valence-electron chi connectivity index (χ2n) is 7.63. The van der Waals surface area contributed by atoms with Crippen molar-refractivity contribution in [3.8, 4) is 22.3 Å². The van der Waals surface area contributed by atoms with E-state index in [2.05, 4.69) is 14.9 Å². The SMILES string of the molecule is Nc1nc(F)c(-c2ccc(N3CCOCC3)cc2)cc1-c1cc(F)c2c(=O)[nH]ccc2c1. The monoisotopic (exact) mass is 434 g/mol. The summed E-state index contributed by atoms with van der Waals surface area (Å²) in [7, 11) is 0. The lowest BCUT2D eigenvalue weighted by atomic mass is 9.98. The Morgan fingerprint density at radius 1 is 0.969 bits per heavy atom. The molecule has 0 unspecified atom stereocenters. The summed E-state index contributed by atoms with van der Waals surface area (Å²) in [4.78, 5) is 20.5. The third-order valence-electron chi connectivity index (χ3n) is 5.70. The van der Waals surface area contributed by atoms with Crippen molar-refractivity contribution < 1.29 is 13.5 Å². The van der Waals surface area contributed by atoms with Crippen LogP contribution in [0.1, 0.15) is 0 Å². The van der Waals surface area contributed by atoms with Crippen LogP contribution in [0.15, 0.2) is 59.5 Å². The Morgan fingerprint density at radius 3 is 2.47 bits per heavy atom. The summed E-state index contributed by atoms with van der Waals surface area (Å²) in [5.74, 6) is -1.44. The standard InChI is InChI=1S/C24H20F2N4O2/c25-20-12-16(11-15-5-6-28-24(31)21(15)20)19-13-18(22(26)29-23(19)27)14-1-3-17(4-2-14)30-7-9-32-10-8-30/h1-6,11-13H,7-10H2,(H2,27,29)(H,28,31). The predicted octanol–water partition coefficient (Wildman–Crippen LogP) is 3.95. The van der Waals surface area contributed by atoms with Gasteiger partial charge in [-0.2, -0.15) is 4.39 Å². The fourth-order valence-electron chi connectivity index (χ4n) is 4.04. The van der Waals surface area contributed by atoms with Crippen molar-refractivity contribution in [3.63, 3.8) is 0 Å². The van der Waals surface area contributed by atoms with Gasteiger partial charge in [0.15, 0.2) is 0 Å². The Balaban J connectivity index is 1.56. The van der Waals surface area contributed by atoms with E-state index in [0.717, 1.165) is 18.8 Å². The Morgan fingerprint density at radius 2 is 1.72 bits per heavy atom. The maximum atomic E-state index is 14.7. The summed E-state index contributed by atoms with van der Waals surface area (Å²) in [5.41, 5.74) is 8.19. The van der Waals surface area contributed by atoms with E-state index in [1.165, 1.54) is 12.3 Å². The van der Waals surface area contributed by atoms with Crippen LogP contribution in [0.4, 0.5) is 20.3 Å². The van der Waals surface area contributed by atoms with Crippen LogP contribution >= 0.6 is 0 Å². The van der Waals surface area contributed by atoms with Gasteiger partial charge < -0.3 is 20.4 Å². The molecule has 2 aromatic carbocycles. The number of morpholine rings is 1. The van der Waals surface area contributed by atoms with Gasteiger partial charge in [-0.15, -0.1) is 0 Å². The van der Waals surface area contributed by atoms with Crippen molar-refractivity contribution in [1.29, 1.82) is 0 Å². The molecule has 0 bridgehead atoms. The largest absolute Gasteiger partial charge is 0.383 e. The maximum Gasteiger partial charge on any atom is 0.258 e. The van der Waals surface area contributed by atoms with Gasteiger partial charge in [-0.25, -0.2) is 9.37 Å². The molecule has 8 heteroatoms. The zero-order valence-corrected chi connectivity index (χ0v) is 17.1. The highest BCUT2D eigenvalue weighted by molar-refractivity contribution is 5.90. The van der Waals surface area contributed by atoms with Crippen LogP contribution in [0.25, 0.3) is 33.0 Å². The Bertz CT molecular complexity index is 1360. The van der Waals surface area contributed by atoms with Crippen LogP contribution in [0.2, 0.25) is 0 Å². The molecular weight excluding hydrogens is 414 g/mol. The molecule has 1 fully saturated rings. The van der Waals surface area contributed by atoms with E-state index in [0.29, 0.717) is 35.3 Å². The Kier molecular flexibility index (Phi) is 5.07. The maximum absolute atomic E-state index is 14.7. The molecule has 1 aliphatic heterocycles. The molecule has 1 aliphatic rings. The normalized spacial score (nSPS) is 14.1. The van der Waals surface area contributed by atoms with E-state index in [4.69, 9.17) is 10.5 Å². The lowest BCUT2D eigenvalue weighted by molar-refractivity contribution is 0.122. The van der Waals surface area contributed by atoms with Crippen molar-refractivity contribution in [1.82, 2.24) is 9.97 Å². The Labute approximate surface area is 182 Å². The molecule has 0 radical (unpaired) electrons. The number of aromatic nitrogens is 2. The minimum Gasteiger partial charge on any atom is -0.383 e. The molecule has 0 atom stereocenters. The second-order valence-corrected chi connectivity index (χ2v) is 7.63.